The second kappa shape index (κ2) is 28.2. The molecule has 447 valence electrons. The van der Waals surface area contributed by atoms with Crippen LogP contribution in [0.25, 0.3) is 44.6 Å². The van der Waals surface area contributed by atoms with E-state index in [0.717, 1.165) is 117 Å². The molecule has 1 radical (unpaired) electrons. The monoisotopic (exact) mass is 1240 g/mol. The van der Waals surface area contributed by atoms with Gasteiger partial charge in [-0.1, -0.05) is 68.9 Å². The second-order valence-electron chi connectivity index (χ2n) is 20.6. The molecule has 0 amide bonds. The van der Waals surface area contributed by atoms with Gasteiger partial charge in [-0.2, -0.15) is 10.2 Å². The van der Waals surface area contributed by atoms with Crippen LogP contribution in [0.1, 0.15) is 110 Å². The number of ketones is 2. The maximum atomic E-state index is 13.6. The Morgan fingerprint density at radius 2 is 1.49 bits per heavy atom. The number of aliphatic hydroxyl groups excluding tert-OH is 2. The Morgan fingerprint density at radius 1 is 0.859 bits per heavy atom. The van der Waals surface area contributed by atoms with Gasteiger partial charge in [0.1, 0.15) is 45.6 Å². The molecule has 21 nitrogen and oxygen atoms in total. The first-order chi connectivity index (χ1) is 39.8. The third-order valence-corrected chi connectivity index (χ3v) is 15.1. The molecule has 0 saturated carbocycles. The maximum absolute atomic E-state index is 13.6. The molecular formula is C61H65CoN10O11S2-. The van der Waals surface area contributed by atoms with Gasteiger partial charge in [-0.25, -0.2) is 9.79 Å². The van der Waals surface area contributed by atoms with Crippen LogP contribution in [0.3, 0.4) is 0 Å². The van der Waals surface area contributed by atoms with Crippen molar-refractivity contribution >= 4 is 89.4 Å². The van der Waals surface area contributed by atoms with E-state index in [0.29, 0.717) is 29.2 Å². The Hall–Kier alpha value is -8.84. The molecule has 3 aliphatic carbocycles. The smallest absolute Gasteiger partial charge is 0.338 e. The van der Waals surface area contributed by atoms with E-state index in [2.05, 4.69) is 141 Å². The first kappa shape index (κ1) is 65.3. The first-order valence-corrected chi connectivity index (χ1v) is 28.5. The summed E-state index contributed by atoms with van der Waals surface area (Å²) in [7, 11) is 3.55. The number of fused-ring (bicyclic) bond motifs is 3. The van der Waals surface area contributed by atoms with Crippen molar-refractivity contribution in [2.75, 3.05) is 24.6 Å². The van der Waals surface area contributed by atoms with Crippen molar-refractivity contribution in [1.29, 1.82) is 0 Å². The molecule has 2 aromatic heterocycles. The number of likely N-dealkylation sites (N-methyl/N-ethyl adjacent to an activating group) is 1. The molecule has 0 spiro atoms. The molecule has 0 bridgehead atoms. The standard InChI is InChI=1S/C40H48N2O3.C11H9N4O4S.C10H8N4O4S.Co/c1-10-13-18-44-39(43)29-17-15-14-16-28(29)38-32-20-30(26(6)19-25(4)5)34(41-11-2)22-36(32)45-37-23-35-31(21-33(37)38)27(7)24-40(8,9)42(35)12-3;1-6-3-7(16)4-8(17)10(6)12-13-11-14(2)5-9(20-11)15(18)19;1-5-2-6(15)3-7(16)9(5)12-13-10-11-4-8(19-10)14(17)18;/h14-17,19-25H,10-13,18H2,1-9H3;3-5,17H,2H2,1H3;2-4H,1H3,(H2,11,13,15,16);/q;-1;;/b26-19-,41-34?;12-10?,13-11+;;. The van der Waals surface area contributed by atoms with Crippen LogP contribution in [0.4, 0.5) is 15.7 Å². The van der Waals surface area contributed by atoms with E-state index >= 15 is 0 Å². The van der Waals surface area contributed by atoms with Crippen LogP contribution in [0.15, 0.2) is 145 Å². The molecule has 2 aromatic carbocycles. The van der Waals surface area contributed by atoms with E-state index in [9.17, 15) is 44.8 Å². The molecule has 85 heavy (non-hydrogen) atoms. The Kier molecular flexibility index (Phi) is 21.6. The molecule has 0 atom stereocenters. The molecular weight excluding hydrogens is 1170 g/mol. The van der Waals surface area contributed by atoms with Gasteiger partial charge in [0.05, 0.1) is 33.6 Å². The van der Waals surface area contributed by atoms with Crippen molar-refractivity contribution in [3.8, 4) is 22.5 Å². The molecule has 4 aromatic rings. The van der Waals surface area contributed by atoms with Crippen LogP contribution in [-0.2, 0) is 31.1 Å². The van der Waals surface area contributed by atoms with Crippen molar-refractivity contribution < 1.29 is 65.4 Å². The third-order valence-electron chi connectivity index (χ3n) is 13.3. The summed E-state index contributed by atoms with van der Waals surface area (Å²) in [5.74, 6) is -0.373. The molecule has 0 saturated heterocycles. The van der Waals surface area contributed by atoms with Gasteiger partial charge in [0.25, 0.3) is 5.00 Å². The minimum absolute atomic E-state index is 0. The minimum Gasteiger partial charge on any atom is -0.506 e. The summed E-state index contributed by atoms with van der Waals surface area (Å²) >= 11 is 1.56. The summed E-state index contributed by atoms with van der Waals surface area (Å²) < 4.78 is 13.8. The summed E-state index contributed by atoms with van der Waals surface area (Å²) in [5, 5.41) is 57.1. The number of nitrogens with zero attached hydrogens (tertiary/aromatic N) is 9. The van der Waals surface area contributed by atoms with Crippen molar-refractivity contribution in [2.45, 2.75) is 94.5 Å². The van der Waals surface area contributed by atoms with Gasteiger partial charge in [0.2, 0.25) is 5.36 Å². The molecule has 3 N–H and O–H groups in total. The number of allylic oxidation sites excluding steroid dienone is 9. The summed E-state index contributed by atoms with van der Waals surface area (Å²) in [6, 6.07) is 16.7. The summed E-state index contributed by atoms with van der Waals surface area (Å²) in [6.07, 6.45) is 13.4. The van der Waals surface area contributed by atoms with E-state index in [1.807, 2.05) is 24.3 Å². The maximum Gasteiger partial charge on any atom is 0.338 e. The molecule has 2 aliphatic heterocycles. The van der Waals surface area contributed by atoms with Crippen molar-refractivity contribution in [1.82, 2.24) is 9.55 Å². The number of thiazole rings is 2. The topological polar surface area (TPSA) is 286 Å². The molecule has 5 aliphatic rings. The van der Waals surface area contributed by atoms with E-state index in [1.165, 1.54) is 39.6 Å². The molecule has 24 heteroatoms. The fourth-order valence-electron chi connectivity index (χ4n) is 9.71. The van der Waals surface area contributed by atoms with Crippen LogP contribution in [0.2, 0.25) is 0 Å². The van der Waals surface area contributed by atoms with E-state index < -0.39 is 9.85 Å². The normalized spacial score (nSPS) is 16.4. The number of benzene rings is 3. The van der Waals surface area contributed by atoms with Crippen LogP contribution in [0.5, 0.6) is 0 Å². The number of hydrogen-bond donors (Lipinski definition) is 3. The molecule has 4 heterocycles. The van der Waals surface area contributed by atoms with Crippen molar-refractivity contribution in [3.63, 3.8) is 0 Å². The average molecular weight is 1240 g/mol. The average Bonchev–Trinajstić information content (AvgIpc) is 2.36. The number of aromatic nitrogens is 2. The largest absolute Gasteiger partial charge is 0.506 e. The zero-order valence-electron chi connectivity index (χ0n) is 48.8. The van der Waals surface area contributed by atoms with Gasteiger partial charge >= 0.3 is 11.0 Å². The number of unbranched alkanes of at least 4 members (excludes halogenated alkanes) is 1. The zero-order valence-corrected chi connectivity index (χ0v) is 51.5. The van der Waals surface area contributed by atoms with Gasteiger partial charge < -0.3 is 38.9 Å². The quantitative estimate of drug-likeness (QED) is 0.0185. The second-order valence-corrected chi connectivity index (χ2v) is 22.5. The first-order valence-electron chi connectivity index (χ1n) is 26.9. The number of anilines is 1. The Balaban J connectivity index is 0.000000238. The fraction of sp³-hybridized carbons (Fsp3) is 0.295. The number of nitro groups is 2. The number of carbonyl (C=O) groups is 3. The summed E-state index contributed by atoms with van der Waals surface area (Å²) in [6.45, 7) is 25.0. The van der Waals surface area contributed by atoms with Crippen LogP contribution in [-0.4, -0.2) is 78.8 Å². The molecule has 9 rings (SSSR count). The zero-order chi connectivity index (χ0) is 61.3. The van der Waals surface area contributed by atoms with Crippen molar-refractivity contribution in [3.05, 3.63) is 179 Å². The van der Waals surface area contributed by atoms with E-state index in [-0.39, 0.29) is 82.4 Å². The number of carbonyl (C=O) groups excluding carboxylic acids is 3. The van der Waals surface area contributed by atoms with Gasteiger partial charge in [-0.3, -0.25) is 34.9 Å². The predicted octanol–water partition coefficient (Wildman–Crippen LogP) is 10.4. The Labute approximate surface area is 508 Å². The number of ether oxygens (including phenoxy) is 1. The van der Waals surface area contributed by atoms with Gasteiger partial charge in [0, 0.05) is 85.9 Å². The van der Waals surface area contributed by atoms with Crippen LogP contribution >= 0.6 is 22.7 Å². The summed E-state index contributed by atoms with van der Waals surface area (Å²) in [4.78, 5) is 65.8. The van der Waals surface area contributed by atoms with Crippen molar-refractivity contribution in [2.24, 2.45) is 26.3 Å². The number of aliphatic hydroxyl groups is 2. The third kappa shape index (κ3) is 15.3. The van der Waals surface area contributed by atoms with Crippen LogP contribution in [0, 0.1) is 33.2 Å². The molecule has 0 unspecified atom stereocenters. The number of rotatable bonds is 13. The van der Waals surface area contributed by atoms with E-state index in [1.54, 1.807) is 13.8 Å². The van der Waals surface area contributed by atoms with Gasteiger partial charge in [0.15, 0.2) is 11.6 Å². The van der Waals surface area contributed by atoms with Crippen LogP contribution < -0.4 is 29.8 Å². The fourth-order valence-corrected chi connectivity index (χ4v) is 11.0. The molecule has 0 fully saturated rings. The van der Waals surface area contributed by atoms with Gasteiger partial charge in [-0.05, 0) is 132 Å². The minimum atomic E-state index is -0.578. The number of esters is 1. The van der Waals surface area contributed by atoms with Gasteiger partial charge in [-0.15, -0.1) is 18.4 Å². The number of nitrogens with one attached hydrogen (secondary N) is 1. The SMILES string of the molecule is CC1=CC(=O)C=C(O)/C1=N/N=c1\[n-]cc([N+](=O)[O-])s1.CCCCOC(=O)c1ccccc1-c1c2cc(/C(C)=C\C(C)C)c(=[NH+]CC)cc-2oc2cc3c(cc12)C(C)=CC(C)(C)N3CC.[CH2-]n1cc([N+](=O)[O-])s/c1=N/N=C1C(C)=CC(=O)C=C1O.[Co]. The Morgan fingerprint density at radius 3 is 2.06 bits per heavy atom. The Bertz CT molecular complexity index is 4030. The number of hydrogen-bond acceptors (Lipinski definition) is 18. The van der Waals surface area contributed by atoms with E-state index in [4.69, 9.17) is 9.15 Å². The summed E-state index contributed by atoms with van der Waals surface area (Å²) in [5.41, 5.74) is 11.1. The predicted molar refractivity (Wildman–Crippen MR) is 326 cm³/mol.